The fourth-order valence-electron chi connectivity index (χ4n) is 2.05. The molecule has 0 saturated heterocycles. The number of hydrogen-bond acceptors (Lipinski definition) is 4. The number of oxazole rings is 1. The van der Waals surface area contributed by atoms with Crippen molar-refractivity contribution >= 4 is 17.5 Å². The molecule has 0 unspecified atom stereocenters. The number of likely N-dealkylation sites (N-methyl/N-ethyl adjacent to an activating group) is 1. The van der Waals surface area contributed by atoms with Gasteiger partial charge in [0.15, 0.2) is 0 Å². The van der Waals surface area contributed by atoms with Gasteiger partial charge in [-0.05, 0) is 45.2 Å². The maximum absolute atomic E-state index is 11.7. The van der Waals surface area contributed by atoms with Crippen LogP contribution in [0.5, 0.6) is 0 Å². The molecule has 0 fully saturated rings. The molecular formula is C16H20ClN3O2. The molecule has 6 heteroatoms. The van der Waals surface area contributed by atoms with E-state index in [0.29, 0.717) is 24.0 Å². The zero-order valence-corrected chi connectivity index (χ0v) is 13.7. The SMILES string of the molecule is CC(C)NC(=O)CN(C)Cc1coc(-c2ccc(Cl)cc2)n1. The highest BCUT2D eigenvalue weighted by Crippen LogP contribution is 2.21. The molecule has 1 heterocycles. The third kappa shape index (κ3) is 4.86. The third-order valence-corrected chi connectivity index (χ3v) is 3.19. The number of halogens is 1. The monoisotopic (exact) mass is 321 g/mol. The quantitative estimate of drug-likeness (QED) is 0.888. The van der Waals surface area contributed by atoms with Crippen molar-refractivity contribution in [1.29, 1.82) is 0 Å². The topological polar surface area (TPSA) is 58.4 Å². The number of hydrogen-bond donors (Lipinski definition) is 1. The normalized spacial score (nSPS) is 11.2. The highest BCUT2D eigenvalue weighted by atomic mass is 35.5. The van der Waals surface area contributed by atoms with Crippen LogP contribution in [-0.2, 0) is 11.3 Å². The summed E-state index contributed by atoms with van der Waals surface area (Å²) in [7, 11) is 1.87. The largest absolute Gasteiger partial charge is 0.444 e. The fraction of sp³-hybridized carbons (Fsp3) is 0.375. The van der Waals surface area contributed by atoms with Crippen LogP contribution >= 0.6 is 11.6 Å². The highest BCUT2D eigenvalue weighted by Gasteiger charge is 2.11. The zero-order valence-electron chi connectivity index (χ0n) is 13.0. The summed E-state index contributed by atoms with van der Waals surface area (Å²) < 4.78 is 5.48. The van der Waals surface area contributed by atoms with Crippen molar-refractivity contribution in [2.24, 2.45) is 0 Å². The van der Waals surface area contributed by atoms with Gasteiger partial charge in [-0.15, -0.1) is 0 Å². The van der Waals surface area contributed by atoms with Gasteiger partial charge in [0.25, 0.3) is 0 Å². The zero-order chi connectivity index (χ0) is 16.1. The van der Waals surface area contributed by atoms with E-state index in [1.807, 2.05) is 37.9 Å². The van der Waals surface area contributed by atoms with Crippen molar-refractivity contribution in [3.8, 4) is 11.5 Å². The van der Waals surface area contributed by atoms with Crippen molar-refractivity contribution in [2.45, 2.75) is 26.4 Å². The van der Waals surface area contributed by atoms with Crippen LogP contribution in [0.1, 0.15) is 19.5 Å². The Morgan fingerprint density at radius 3 is 2.68 bits per heavy atom. The smallest absolute Gasteiger partial charge is 0.234 e. The van der Waals surface area contributed by atoms with E-state index in [4.69, 9.17) is 16.0 Å². The lowest BCUT2D eigenvalue weighted by atomic mass is 10.2. The molecule has 2 aromatic rings. The van der Waals surface area contributed by atoms with Crippen molar-refractivity contribution < 1.29 is 9.21 Å². The molecule has 118 valence electrons. The van der Waals surface area contributed by atoms with Gasteiger partial charge in [-0.25, -0.2) is 4.98 Å². The molecule has 1 amide bonds. The first-order valence-corrected chi connectivity index (χ1v) is 7.50. The van der Waals surface area contributed by atoms with E-state index >= 15 is 0 Å². The molecule has 0 aliphatic carbocycles. The van der Waals surface area contributed by atoms with Gasteiger partial charge in [-0.2, -0.15) is 0 Å². The van der Waals surface area contributed by atoms with E-state index in [1.165, 1.54) is 0 Å². The standard InChI is InChI=1S/C16H20ClN3O2/c1-11(2)18-15(21)9-20(3)8-14-10-22-16(19-14)12-4-6-13(17)7-5-12/h4-7,10-11H,8-9H2,1-3H3,(H,18,21). The Morgan fingerprint density at radius 1 is 1.36 bits per heavy atom. The molecule has 0 aliphatic rings. The summed E-state index contributed by atoms with van der Waals surface area (Å²) in [6, 6.07) is 7.45. The third-order valence-electron chi connectivity index (χ3n) is 2.94. The van der Waals surface area contributed by atoms with Crippen LogP contribution in [0.25, 0.3) is 11.5 Å². The Bertz CT molecular complexity index is 623. The molecule has 1 N–H and O–H groups in total. The van der Waals surface area contributed by atoms with Crippen LogP contribution in [0.2, 0.25) is 5.02 Å². The van der Waals surface area contributed by atoms with E-state index in [1.54, 1.807) is 18.4 Å². The van der Waals surface area contributed by atoms with Gasteiger partial charge < -0.3 is 9.73 Å². The van der Waals surface area contributed by atoms with E-state index < -0.39 is 0 Å². The number of nitrogens with one attached hydrogen (secondary N) is 1. The molecule has 2 rings (SSSR count). The minimum Gasteiger partial charge on any atom is -0.444 e. The van der Waals surface area contributed by atoms with Crippen LogP contribution in [0.15, 0.2) is 34.9 Å². The maximum atomic E-state index is 11.7. The summed E-state index contributed by atoms with van der Waals surface area (Å²) in [6.45, 7) is 4.74. The summed E-state index contributed by atoms with van der Waals surface area (Å²) in [4.78, 5) is 18.0. The van der Waals surface area contributed by atoms with E-state index in [-0.39, 0.29) is 11.9 Å². The minimum atomic E-state index is -0.00100. The first-order chi connectivity index (χ1) is 10.4. The van der Waals surface area contributed by atoms with Gasteiger partial charge in [0.2, 0.25) is 11.8 Å². The van der Waals surface area contributed by atoms with Gasteiger partial charge in [-0.1, -0.05) is 11.6 Å². The van der Waals surface area contributed by atoms with Crippen LogP contribution < -0.4 is 5.32 Å². The second kappa shape index (κ2) is 7.42. The van der Waals surface area contributed by atoms with Crippen molar-refractivity contribution in [2.75, 3.05) is 13.6 Å². The lowest BCUT2D eigenvalue weighted by molar-refractivity contribution is -0.122. The Morgan fingerprint density at radius 2 is 2.05 bits per heavy atom. The minimum absolute atomic E-state index is 0.00100. The van der Waals surface area contributed by atoms with Crippen LogP contribution in [-0.4, -0.2) is 35.4 Å². The van der Waals surface area contributed by atoms with Gasteiger partial charge in [-0.3, -0.25) is 9.69 Å². The first kappa shape index (κ1) is 16.5. The highest BCUT2D eigenvalue weighted by molar-refractivity contribution is 6.30. The van der Waals surface area contributed by atoms with Gasteiger partial charge >= 0.3 is 0 Å². The van der Waals surface area contributed by atoms with Crippen molar-refractivity contribution in [3.05, 3.63) is 41.2 Å². The van der Waals surface area contributed by atoms with Crippen LogP contribution in [0.4, 0.5) is 0 Å². The Labute approximate surface area is 135 Å². The second-order valence-corrected chi connectivity index (χ2v) is 5.98. The molecule has 0 bridgehead atoms. The summed E-state index contributed by atoms with van der Waals surface area (Å²) in [5, 5.41) is 3.53. The van der Waals surface area contributed by atoms with Gasteiger partial charge in [0.05, 0.1) is 12.2 Å². The van der Waals surface area contributed by atoms with Crippen LogP contribution in [0.3, 0.4) is 0 Å². The Balaban J connectivity index is 1.94. The lowest BCUT2D eigenvalue weighted by Crippen LogP contribution is -2.38. The number of aromatic nitrogens is 1. The summed E-state index contributed by atoms with van der Waals surface area (Å²) >= 11 is 5.86. The molecule has 0 atom stereocenters. The van der Waals surface area contributed by atoms with Crippen LogP contribution in [0, 0.1) is 0 Å². The maximum Gasteiger partial charge on any atom is 0.234 e. The molecule has 1 aromatic heterocycles. The number of nitrogens with zero attached hydrogens (tertiary/aromatic N) is 2. The Hall–Kier alpha value is -1.85. The predicted molar refractivity (Wildman–Crippen MR) is 86.6 cm³/mol. The Kier molecular flexibility index (Phi) is 5.57. The molecule has 0 saturated carbocycles. The van der Waals surface area contributed by atoms with Gasteiger partial charge in [0, 0.05) is 23.2 Å². The molecule has 0 aliphatic heterocycles. The average molecular weight is 322 g/mol. The number of carbonyl (C=O) groups is 1. The summed E-state index contributed by atoms with van der Waals surface area (Å²) in [5.74, 6) is 0.547. The average Bonchev–Trinajstić information content (AvgIpc) is 2.86. The molecule has 0 radical (unpaired) electrons. The second-order valence-electron chi connectivity index (χ2n) is 5.55. The fourth-order valence-corrected chi connectivity index (χ4v) is 2.18. The molecule has 1 aromatic carbocycles. The number of rotatable bonds is 6. The number of carbonyl (C=O) groups excluding carboxylic acids is 1. The van der Waals surface area contributed by atoms with E-state index in [2.05, 4.69) is 10.3 Å². The predicted octanol–water partition coefficient (Wildman–Crippen LogP) is 2.95. The van der Waals surface area contributed by atoms with E-state index in [0.717, 1.165) is 11.3 Å². The number of benzene rings is 1. The molecule has 0 spiro atoms. The molecule has 22 heavy (non-hydrogen) atoms. The molecule has 5 nitrogen and oxygen atoms in total. The number of amides is 1. The van der Waals surface area contributed by atoms with Crippen molar-refractivity contribution in [1.82, 2.24) is 15.2 Å². The van der Waals surface area contributed by atoms with E-state index in [9.17, 15) is 4.79 Å². The molecular weight excluding hydrogens is 302 g/mol. The first-order valence-electron chi connectivity index (χ1n) is 7.12. The summed E-state index contributed by atoms with van der Waals surface area (Å²) in [5.41, 5.74) is 1.65. The summed E-state index contributed by atoms with van der Waals surface area (Å²) in [6.07, 6.45) is 1.61. The lowest BCUT2D eigenvalue weighted by Gasteiger charge is -2.15. The van der Waals surface area contributed by atoms with Gasteiger partial charge in [0.1, 0.15) is 6.26 Å². The van der Waals surface area contributed by atoms with Crippen molar-refractivity contribution in [3.63, 3.8) is 0 Å².